The number of carbonyl (C=O) groups is 1. The minimum atomic E-state index is 0.0166. The Bertz CT molecular complexity index is 475. The average molecular weight is 292 g/mol. The summed E-state index contributed by atoms with van der Waals surface area (Å²) in [5.41, 5.74) is 1.02. The van der Waals surface area contributed by atoms with E-state index in [2.05, 4.69) is 24.5 Å². The molecule has 5 heteroatoms. The summed E-state index contributed by atoms with van der Waals surface area (Å²) in [7, 11) is 0. The van der Waals surface area contributed by atoms with Crippen molar-refractivity contribution in [3.8, 4) is 11.5 Å². The van der Waals surface area contributed by atoms with Crippen molar-refractivity contribution in [1.29, 1.82) is 0 Å². The summed E-state index contributed by atoms with van der Waals surface area (Å²) in [6.45, 7) is 7.09. The molecule has 2 N–H and O–H groups in total. The van der Waals surface area contributed by atoms with Crippen molar-refractivity contribution in [1.82, 2.24) is 10.6 Å². The Morgan fingerprint density at radius 3 is 2.90 bits per heavy atom. The molecule has 1 amide bonds. The quantitative estimate of drug-likeness (QED) is 0.838. The van der Waals surface area contributed by atoms with Crippen molar-refractivity contribution >= 4 is 5.91 Å². The first-order valence-corrected chi connectivity index (χ1v) is 7.51. The highest BCUT2D eigenvalue weighted by molar-refractivity contribution is 5.77. The number of ether oxygens (including phenoxy) is 2. The van der Waals surface area contributed by atoms with Crippen LogP contribution in [0.25, 0.3) is 0 Å². The van der Waals surface area contributed by atoms with Crippen LogP contribution in [-0.4, -0.2) is 32.2 Å². The van der Waals surface area contributed by atoms with Gasteiger partial charge in [0.1, 0.15) is 0 Å². The minimum Gasteiger partial charge on any atom is -0.490 e. The normalized spacial score (nSPS) is 13.9. The van der Waals surface area contributed by atoms with E-state index < -0.39 is 0 Å². The van der Waals surface area contributed by atoms with Crippen LogP contribution in [0.4, 0.5) is 0 Å². The molecule has 1 aromatic carbocycles. The summed E-state index contributed by atoms with van der Waals surface area (Å²) >= 11 is 0. The number of carbonyl (C=O) groups excluding carboxylic acids is 1. The van der Waals surface area contributed by atoms with E-state index in [1.165, 1.54) is 0 Å². The molecule has 0 radical (unpaired) electrons. The summed E-state index contributed by atoms with van der Waals surface area (Å²) in [4.78, 5) is 11.7. The minimum absolute atomic E-state index is 0.0166. The summed E-state index contributed by atoms with van der Waals surface area (Å²) in [6, 6.07) is 5.86. The largest absolute Gasteiger partial charge is 0.490 e. The van der Waals surface area contributed by atoms with E-state index in [9.17, 15) is 4.79 Å². The van der Waals surface area contributed by atoms with E-state index in [0.717, 1.165) is 23.5 Å². The lowest BCUT2D eigenvalue weighted by atomic mass is 10.2. The molecule has 0 atom stereocenters. The third kappa shape index (κ3) is 4.93. The zero-order chi connectivity index (χ0) is 15.1. The smallest absolute Gasteiger partial charge is 0.233 e. The second kappa shape index (κ2) is 7.88. The van der Waals surface area contributed by atoms with E-state index >= 15 is 0 Å². The number of nitrogens with one attached hydrogen (secondary N) is 2. The van der Waals surface area contributed by atoms with E-state index in [1.54, 1.807) is 0 Å². The molecule has 2 rings (SSSR count). The third-order valence-electron chi connectivity index (χ3n) is 3.16. The Morgan fingerprint density at radius 1 is 1.29 bits per heavy atom. The van der Waals surface area contributed by atoms with Crippen LogP contribution in [0.5, 0.6) is 11.5 Å². The van der Waals surface area contributed by atoms with Crippen LogP contribution in [0, 0.1) is 5.92 Å². The van der Waals surface area contributed by atoms with Gasteiger partial charge in [0.15, 0.2) is 11.5 Å². The maximum absolute atomic E-state index is 11.7. The fourth-order valence-electron chi connectivity index (χ4n) is 2.08. The van der Waals surface area contributed by atoms with Gasteiger partial charge in [-0.15, -0.1) is 0 Å². The van der Waals surface area contributed by atoms with E-state index in [-0.39, 0.29) is 5.91 Å². The van der Waals surface area contributed by atoms with Gasteiger partial charge in [0.2, 0.25) is 5.91 Å². The van der Waals surface area contributed by atoms with E-state index in [0.29, 0.717) is 38.8 Å². The topological polar surface area (TPSA) is 59.6 Å². The van der Waals surface area contributed by atoms with Gasteiger partial charge in [-0.05, 0) is 12.0 Å². The van der Waals surface area contributed by atoms with Crippen LogP contribution in [0.3, 0.4) is 0 Å². The maximum Gasteiger partial charge on any atom is 0.233 e. The molecular formula is C16H24N2O3. The van der Waals surface area contributed by atoms with Crippen molar-refractivity contribution in [3.63, 3.8) is 0 Å². The zero-order valence-corrected chi connectivity index (χ0v) is 12.8. The van der Waals surface area contributed by atoms with Crippen LogP contribution in [0.1, 0.15) is 25.8 Å². The lowest BCUT2D eigenvalue weighted by Crippen LogP contribution is -2.35. The summed E-state index contributed by atoms with van der Waals surface area (Å²) in [5.74, 6) is 2.06. The Kier molecular flexibility index (Phi) is 5.87. The van der Waals surface area contributed by atoms with Crippen molar-refractivity contribution in [2.45, 2.75) is 26.8 Å². The van der Waals surface area contributed by atoms with E-state index in [4.69, 9.17) is 9.47 Å². The van der Waals surface area contributed by atoms with Crippen LogP contribution in [0.15, 0.2) is 18.2 Å². The van der Waals surface area contributed by atoms with Gasteiger partial charge >= 0.3 is 0 Å². The molecule has 5 nitrogen and oxygen atoms in total. The van der Waals surface area contributed by atoms with Gasteiger partial charge in [0.05, 0.1) is 19.8 Å². The standard InChI is InChI=1S/C16H24N2O3/c1-12(2)9-18-15(19)11-17-10-13-5-3-6-14-16(13)21-8-4-7-20-14/h3,5-6,12,17H,4,7-11H2,1-2H3,(H,18,19). The van der Waals surface area contributed by atoms with Crippen molar-refractivity contribution in [2.75, 3.05) is 26.3 Å². The molecule has 0 fully saturated rings. The van der Waals surface area contributed by atoms with E-state index in [1.807, 2.05) is 18.2 Å². The lowest BCUT2D eigenvalue weighted by molar-refractivity contribution is -0.120. The molecular weight excluding hydrogens is 268 g/mol. The maximum atomic E-state index is 11.7. The summed E-state index contributed by atoms with van der Waals surface area (Å²) in [6.07, 6.45) is 0.888. The van der Waals surface area contributed by atoms with Gasteiger partial charge in [-0.3, -0.25) is 4.79 Å². The second-order valence-electron chi connectivity index (χ2n) is 5.60. The number of hydrogen-bond donors (Lipinski definition) is 2. The highest BCUT2D eigenvalue weighted by Crippen LogP contribution is 2.32. The van der Waals surface area contributed by atoms with Crippen molar-refractivity contribution in [3.05, 3.63) is 23.8 Å². The number of rotatable bonds is 6. The van der Waals surface area contributed by atoms with Crippen molar-refractivity contribution in [2.24, 2.45) is 5.92 Å². The first-order chi connectivity index (χ1) is 10.2. The fourth-order valence-corrected chi connectivity index (χ4v) is 2.08. The number of hydrogen-bond acceptors (Lipinski definition) is 4. The van der Waals surface area contributed by atoms with Crippen molar-refractivity contribution < 1.29 is 14.3 Å². The fraction of sp³-hybridized carbons (Fsp3) is 0.562. The molecule has 0 unspecified atom stereocenters. The van der Waals surface area contributed by atoms with Crippen LogP contribution >= 0.6 is 0 Å². The molecule has 0 aromatic heterocycles. The molecule has 1 aromatic rings. The monoisotopic (exact) mass is 292 g/mol. The molecule has 116 valence electrons. The highest BCUT2D eigenvalue weighted by Gasteiger charge is 2.14. The van der Waals surface area contributed by atoms with Gasteiger partial charge in [0.25, 0.3) is 0 Å². The number of fused-ring (bicyclic) bond motifs is 1. The Morgan fingerprint density at radius 2 is 2.10 bits per heavy atom. The van der Waals surface area contributed by atoms with Crippen LogP contribution in [0.2, 0.25) is 0 Å². The van der Waals surface area contributed by atoms with Crippen LogP contribution < -0.4 is 20.1 Å². The number of para-hydroxylation sites is 1. The first kappa shape index (κ1) is 15.6. The number of amides is 1. The van der Waals surface area contributed by atoms with Gasteiger partial charge in [-0.1, -0.05) is 26.0 Å². The zero-order valence-electron chi connectivity index (χ0n) is 12.8. The molecule has 0 spiro atoms. The summed E-state index contributed by atoms with van der Waals surface area (Å²) in [5, 5.41) is 6.03. The molecule has 0 saturated carbocycles. The number of benzene rings is 1. The van der Waals surface area contributed by atoms with Gasteiger partial charge < -0.3 is 20.1 Å². The molecule has 21 heavy (non-hydrogen) atoms. The second-order valence-corrected chi connectivity index (χ2v) is 5.60. The molecule has 1 aliphatic heterocycles. The van der Waals surface area contributed by atoms with Crippen LogP contribution in [-0.2, 0) is 11.3 Å². The first-order valence-electron chi connectivity index (χ1n) is 7.51. The van der Waals surface area contributed by atoms with Gasteiger partial charge in [0, 0.05) is 25.1 Å². The predicted molar refractivity (Wildman–Crippen MR) is 81.6 cm³/mol. The average Bonchev–Trinajstić information content (AvgIpc) is 2.71. The molecule has 0 bridgehead atoms. The summed E-state index contributed by atoms with van der Waals surface area (Å²) < 4.78 is 11.4. The van der Waals surface area contributed by atoms with Gasteiger partial charge in [-0.2, -0.15) is 0 Å². The molecule has 0 aliphatic carbocycles. The molecule has 0 saturated heterocycles. The molecule has 1 aliphatic rings. The SMILES string of the molecule is CC(C)CNC(=O)CNCc1cccc2c1OCCCO2. The Balaban J connectivity index is 1.85. The Hall–Kier alpha value is -1.75. The predicted octanol–water partition coefficient (Wildman–Crippen LogP) is 1.71. The lowest BCUT2D eigenvalue weighted by Gasteiger charge is -2.13. The van der Waals surface area contributed by atoms with Gasteiger partial charge in [-0.25, -0.2) is 0 Å². The highest BCUT2D eigenvalue weighted by atomic mass is 16.5. The Labute approximate surface area is 126 Å². The molecule has 1 heterocycles. The third-order valence-corrected chi connectivity index (χ3v) is 3.16.